The van der Waals surface area contributed by atoms with Crippen molar-refractivity contribution in [2.24, 2.45) is 0 Å². The molecule has 0 aliphatic carbocycles. The smallest absolute Gasteiger partial charge is 0.274 e. The van der Waals surface area contributed by atoms with Gasteiger partial charge in [0.05, 0.1) is 6.04 Å². The van der Waals surface area contributed by atoms with Crippen LogP contribution in [-0.4, -0.2) is 23.0 Å². The summed E-state index contributed by atoms with van der Waals surface area (Å²) in [5, 5.41) is 5.80. The number of hydrogen-bond acceptors (Lipinski definition) is 7. The maximum atomic E-state index is 12.8. The summed E-state index contributed by atoms with van der Waals surface area (Å²) >= 11 is 0. The second-order valence-corrected chi connectivity index (χ2v) is 6.62. The Morgan fingerprint density at radius 3 is 2.20 bits per heavy atom. The van der Waals surface area contributed by atoms with Crippen LogP contribution in [0.3, 0.4) is 0 Å². The molecule has 0 radical (unpaired) electrons. The standard InChI is InChI=1S/C21H21N7O2/c29-20(24-18(19-25-27-28-26-19)14-6-2-1-3-7-14)15-9-11-16(12-10-15)23-21(30)17-8-4-5-13-22-17/h1-13,18-19,25-28H,(H,23,30)(H,24,29). The predicted molar refractivity (Wildman–Crippen MR) is 112 cm³/mol. The highest BCUT2D eigenvalue weighted by Crippen LogP contribution is 2.18. The lowest BCUT2D eigenvalue weighted by molar-refractivity contribution is 0.0925. The van der Waals surface area contributed by atoms with E-state index in [4.69, 9.17) is 0 Å². The molecule has 1 saturated heterocycles. The molecule has 2 heterocycles. The molecular formula is C21H21N7O2. The van der Waals surface area contributed by atoms with Gasteiger partial charge in [-0.25, -0.2) is 10.9 Å². The fourth-order valence-electron chi connectivity index (χ4n) is 3.07. The molecule has 9 heteroatoms. The minimum Gasteiger partial charge on any atom is -0.342 e. The van der Waals surface area contributed by atoms with Crippen LogP contribution in [0.5, 0.6) is 0 Å². The van der Waals surface area contributed by atoms with E-state index in [-0.39, 0.29) is 24.0 Å². The number of hydrogen-bond donors (Lipinski definition) is 6. The van der Waals surface area contributed by atoms with Crippen LogP contribution in [0, 0.1) is 0 Å². The Labute approximate surface area is 173 Å². The Kier molecular flexibility index (Phi) is 6.06. The molecule has 1 fully saturated rings. The summed E-state index contributed by atoms with van der Waals surface area (Å²) in [7, 11) is 0. The summed E-state index contributed by atoms with van der Waals surface area (Å²) in [6.45, 7) is 0. The highest BCUT2D eigenvalue weighted by Gasteiger charge is 2.27. The maximum Gasteiger partial charge on any atom is 0.274 e. The monoisotopic (exact) mass is 403 g/mol. The average molecular weight is 403 g/mol. The molecule has 9 nitrogen and oxygen atoms in total. The molecule has 30 heavy (non-hydrogen) atoms. The summed E-state index contributed by atoms with van der Waals surface area (Å²) in [6, 6.07) is 21.2. The van der Waals surface area contributed by atoms with Gasteiger partial charge in [-0.15, -0.1) is 0 Å². The Hall–Kier alpha value is -3.63. The van der Waals surface area contributed by atoms with Gasteiger partial charge in [0, 0.05) is 17.4 Å². The summed E-state index contributed by atoms with van der Waals surface area (Å²) in [5.41, 5.74) is 13.9. The van der Waals surface area contributed by atoms with Crippen molar-refractivity contribution in [2.45, 2.75) is 12.2 Å². The van der Waals surface area contributed by atoms with Gasteiger partial charge < -0.3 is 10.6 Å². The van der Waals surface area contributed by atoms with Gasteiger partial charge >= 0.3 is 0 Å². The lowest BCUT2D eigenvalue weighted by Gasteiger charge is -2.24. The van der Waals surface area contributed by atoms with Gasteiger partial charge in [0.25, 0.3) is 11.8 Å². The summed E-state index contributed by atoms with van der Waals surface area (Å²) < 4.78 is 0. The van der Waals surface area contributed by atoms with Gasteiger partial charge in [-0.3, -0.25) is 14.6 Å². The average Bonchev–Trinajstić information content (AvgIpc) is 3.33. The molecule has 152 valence electrons. The molecule has 4 rings (SSSR count). The largest absolute Gasteiger partial charge is 0.342 e. The second-order valence-electron chi connectivity index (χ2n) is 6.62. The Balaban J connectivity index is 1.44. The first-order valence-electron chi connectivity index (χ1n) is 9.40. The molecule has 3 aromatic rings. The molecule has 1 aromatic heterocycles. The van der Waals surface area contributed by atoms with Crippen LogP contribution in [0.15, 0.2) is 79.0 Å². The molecule has 2 amide bonds. The first-order chi connectivity index (χ1) is 14.7. The molecule has 1 aliphatic heterocycles. The number of amides is 2. The molecule has 0 saturated carbocycles. The molecule has 6 N–H and O–H groups in total. The predicted octanol–water partition coefficient (Wildman–Crippen LogP) is 1.25. The first kappa shape index (κ1) is 19.7. The zero-order valence-electron chi connectivity index (χ0n) is 15.9. The lowest BCUT2D eigenvalue weighted by atomic mass is 10.0. The first-order valence-corrected chi connectivity index (χ1v) is 9.40. The molecule has 0 spiro atoms. The SMILES string of the molecule is O=C(NC(c1ccccc1)C1NNNN1)c1ccc(NC(=O)c2ccccn2)cc1. The van der Waals surface area contributed by atoms with Crippen LogP contribution in [0.25, 0.3) is 0 Å². The number of hydrazine groups is 3. The third-order valence-electron chi connectivity index (χ3n) is 4.60. The van der Waals surface area contributed by atoms with E-state index in [1.165, 1.54) is 0 Å². The van der Waals surface area contributed by atoms with Gasteiger partial charge in [0.2, 0.25) is 0 Å². The van der Waals surface area contributed by atoms with Crippen molar-refractivity contribution < 1.29 is 9.59 Å². The number of carbonyl (C=O) groups is 2. The van der Waals surface area contributed by atoms with Crippen molar-refractivity contribution in [1.82, 2.24) is 32.2 Å². The van der Waals surface area contributed by atoms with Crippen LogP contribution in [0.4, 0.5) is 5.69 Å². The van der Waals surface area contributed by atoms with E-state index in [1.807, 2.05) is 30.3 Å². The van der Waals surface area contributed by atoms with Crippen LogP contribution in [-0.2, 0) is 0 Å². The van der Waals surface area contributed by atoms with Crippen LogP contribution >= 0.6 is 0 Å². The number of carbonyl (C=O) groups excluding carboxylic acids is 2. The highest BCUT2D eigenvalue weighted by molar-refractivity contribution is 6.03. The molecule has 1 unspecified atom stereocenters. The van der Waals surface area contributed by atoms with Crippen LogP contribution in [0.2, 0.25) is 0 Å². The fraction of sp³-hybridized carbons (Fsp3) is 0.0952. The van der Waals surface area contributed by atoms with Gasteiger partial charge in [0.15, 0.2) is 0 Å². The van der Waals surface area contributed by atoms with E-state index in [1.54, 1.807) is 48.7 Å². The van der Waals surface area contributed by atoms with E-state index in [9.17, 15) is 9.59 Å². The third kappa shape index (κ3) is 4.67. The normalized spacial score (nSPS) is 14.8. The summed E-state index contributed by atoms with van der Waals surface area (Å²) in [5.74, 6) is -0.544. The van der Waals surface area contributed by atoms with Crippen LogP contribution < -0.4 is 32.6 Å². The number of pyridine rings is 1. The third-order valence-corrected chi connectivity index (χ3v) is 4.60. The number of rotatable bonds is 6. The van der Waals surface area contributed by atoms with E-state index in [0.717, 1.165) is 5.56 Å². The number of aromatic nitrogens is 1. The van der Waals surface area contributed by atoms with Crippen molar-refractivity contribution in [3.63, 3.8) is 0 Å². The topological polar surface area (TPSA) is 119 Å². The van der Waals surface area contributed by atoms with E-state index < -0.39 is 0 Å². The second kappa shape index (κ2) is 9.25. The number of anilines is 1. The lowest BCUT2D eigenvalue weighted by Crippen LogP contribution is -2.47. The maximum absolute atomic E-state index is 12.8. The minimum absolute atomic E-state index is 0.234. The quantitative estimate of drug-likeness (QED) is 0.367. The Morgan fingerprint density at radius 2 is 1.53 bits per heavy atom. The van der Waals surface area contributed by atoms with Gasteiger partial charge in [-0.05, 0) is 42.0 Å². The molecule has 2 aromatic carbocycles. The van der Waals surface area contributed by atoms with Crippen molar-refractivity contribution in [2.75, 3.05) is 5.32 Å². The number of nitrogens with zero attached hydrogens (tertiary/aromatic N) is 1. The highest BCUT2D eigenvalue weighted by atomic mass is 16.2. The zero-order chi connectivity index (χ0) is 20.8. The van der Waals surface area contributed by atoms with Gasteiger partial charge in [0.1, 0.15) is 11.9 Å². The number of benzene rings is 2. The van der Waals surface area contributed by atoms with E-state index in [0.29, 0.717) is 16.9 Å². The van der Waals surface area contributed by atoms with Crippen molar-refractivity contribution in [1.29, 1.82) is 0 Å². The summed E-state index contributed by atoms with van der Waals surface area (Å²) in [6.07, 6.45) is 1.30. The van der Waals surface area contributed by atoms with Gasteiger partial charge in [-0.2, -0.15) is 11.1 Å². The van der Waals surface area contributed by atoms with Crippen molar-refractivity contribution in [3.05, 3.63) is 95.8 Å². The molecule has 0 bridgehead atoms. The van der Waals surface area contributed by atoms with Crippen molar-refractivity contribution in [3.8, 4) is 0 Å². The zero-order valence-corrected chi connectivity index (χ0v) is 15.9. The van der Waals surface area contributed by atoms with Crippen LogP contribution in [0.1, 0.15) is 32.5 Å². The molecule has 1 aliphatic rings. The van der Waals surface area contributed by atoms with E-state index >= 15 is 0 Å². The molecular weight excluding hydrogens is 382 g/mol. The minimum atomic E-state index is -0.329. The Bertz CT molecular complexity index is 991. The van der Waals surface area contributed by atoms with E-state index in [2.05, 4.69) is 37.5 Å². The van der Waals surface area contributed by atoms with Gasteiger partial charge in [-0.1, -0.05) is 36.4 Å². The molecule has 1 atom stereocenters. The van der Waals surface area contributed by atoms with Crippen molar-refractivity contribution >= 4 is 17.5 Å². The number of nitrogens with one attached hydrogen (secondary N) is 6. The summed E-state index contributed by atoms with van der Waals surface area (Å²) in [4.78, 5) is 29.1. The fourth-order valence-corrected chi connectivity index (χ4v) is 3.07. The Morgan fingerprint density at radius 1 is 0.833 bits per heavy atom.